The Morgan fingerprint density at radius 2 is 2.38 bits per heavy atom. The Kier molecular flexibility index (Phi) is 2.40. The molecule has 2 rings (SSSR count). The highest BCUT2D eigenvalue weighted by molar-refractivity contribution is 5.65. The van der Waals surface area contributed by atoms with Crippen LogP contribution in [0.3, 0.4) is 0 Å². The van der Waals surface area contributed by atoms with Gasteiger partial charge in [-0.1, -0.05) is 0 Å². The highest BCUT2D eigenvalue weighted by Gasteiger charge is 2.51. The largest absolute Gasteiger partial charge is 0.465 e. The molecule has 2 N–H and O–H groups in total. The van der Waals surface area contributed by atoms with Crippen LogP contribution in [0, 0.1) is 0 Å². The molecule has 1 aliphatic rings. The average Bonchev–Trinajstić information content (AvgIpc) is 2.71. The predicted molar refractivity (Wildman–Crippen MR) is 57.3 cm³/mol. The van der Waals surface area contributed by atoms with E-state index in [-0.39, 0.29) is 5.41 Å². The van der Waals surface area contributed by atoms with Gasteiger partial charge in [0.2, 0.25) is 0 Å². The van der Waals surface area contributed by atoms with Crippen molar-refractivity contribution >= 4 is 6.09 Å². The fraction of sp³-hybridized carbons (Fsp3) is 0.636. The first-order valence-corrected chi connectivity index (χ1v) is 5.35. The molecule has 1 aromatic rings. The fourth-order valence-electron chi connectivity index (χ4n) is 2.28. The van der Waals surface area contributed by atoms with Crippen LogP contribution in [0.4, 0.5) is 4.79 Å². The lowest BCUT2D eigenvalue weighted by molar-refractivity contribution is 0.177. The molecule has 0 radical (unpaired) electrons. The van der Waals surface area contributed by atoms with Gasteiger partial charge in [-0.05, 0) is 33.1 Å². The van der Waals surface area contributed by atoms with Crippen LogP contribution >= 0.6 is 0 Å². The quantitative estimate of drug-likeness (QED) is 0.821. The monoisotopic (exact) mass is 224 g/mol. The summed E-state index contributed by atoms with van der Waals surface area (Å²) in [6.07, 6.45) is 4.94. The van der Waals surface area contributed by atoms with E-state index in [1.807, 2.05) is 13.8 Å². The van der Waals surface area contributed by atoms with Crippen LogP contribution in [0.5, 0.6) is 0 Å². The molecule has 0 atom stereocenters. The summed E-state index contributed by atoms with van der Waals surface area (Å²) in [6.45, 7) is 3.76. The van der Waals surface area contributed by atoms with Crippen LogP contribution in [0.15, 0.2) is 16.9 Å². The van der Waals surface area contributed by atoms with Gasteiger partial charge in [-0.15, -0.1) is 0 Å². The zero-order valence-electron chi connectivity index (χ0n) is 9.49. The van der Waals surface area contributed by atoms with E-state index < -0.39 is 11.6 Å². The maximum atomic E-state index is 10.7. The van der Waals surface area contributed by atoms with Crippen molar-refractivity contribution in [2.45, 2.75) is 44.1 Å². The first-order valence-electron chi connectivity index (χ1n) is 5.35. The van der Waals surface area contributed by atoms with Crippen LogP contribution in [0.25, 0.3) is 0 Å². The molecule has 0 aliphatic heterocycles. The standard InChI is InChI=1S/C11H16N2O3/c1-10(2,13-9(14)15)7-11(3-4-11)8-12-5-6-16-8/h5-6,13H,3-4,7H2,1-2H3,(H,14,15). The summed E-state index contributed by atoms with van der Waals surface area (Å²) in [5, 5.41) is 11.3. The van der Waals surface area contributed by atoms with E-state index in [1.54, 1.807) is 12.5 Å². The molecule has 0 unspecified atom stereocenters. The summed E-state index contributed by atoms with van der Waals surface area (Å²) in [6, 6.07) is 0. The van der Waals surface area contributed by atoms with Gasteiger partial charge in [0, 0.05) is 11.0 Å². The van der Waals surface area contributed by atoms with Crippen LogP contribution in [-0.2, 0) is 5.41 Å². The second kappa shape index (κ2) is 3.50. The molecular formula is C11H16N2O3. The van der Waals surface area contributed by atoms with E-state index in [9.17, 15) is 4.79 Å². The maximum absolute atomic E-state index is 10.7. The van der Waals surface area contributed by atoms with Gasteiger partial charge in [-0.2, -0.15) is 0 Å². The Morgan fingerprint density at radius 3 is 2.81 bits per heavy atom. The maximum Gasteiger partial charge on any atom is 0.405 e. The summed E-state index contributed by atoms with van der Waals surface area (Å²) in [4.78, 5) is 14.8. The molecule has 1 heterocycles. The van der Waals surface area contributed by atoms with Crippen LogP contribution in [0.1, 0.15) is 39.0 Å². The van der Waals surface area contributed by atoms with Crippen molar-refractivity contribution in [3.8, 4) is 0 Å². The molecule has 16 heavy (non-hydrogen) atoms. The minimum absolute atomic E-state index is 0.0601. The van der Waals surface area contributed by atoms with Crippen molar-refractivity contribution in [2.24, 2.45) is 0 Å². The Labute approximate surface area is 93.9 Å². The smallest absolute Gasteiger partial charge is 0.405 e. The summed E-state index contributed by atoms with van der Waals surface area (Å²) in [5.41, 5.74) is -0.522. The second-order valence-corrected chi connectivity index (χ2v) is 5.11. The Morgan fingerprint density at radius 1 is 1.69 bits per heavy atom. The van der Waals surface area contributed by atoms with Gasteiger partial charge >= 0.3 is 6.09 Å². The Balaban J connectivity index is 2.07. The minimum Gasteiger partial charge on any atom is -0.465 e. The van der Waals surface area contributed by atoms with Crippen molar-refractivity contribution in [3.63, 3.8) is 0 Å². The molecule has 1 saturated carbocycles. The third kappa shape index (κ3) is 2.18. The number of nitrogens with one attached hydrogen (secondary N) is 1. The third-order valence-corrected chi connectivity index (χ3v) is 2.97. The molecule has 1 aromatic heterocycles. The van der Waals surface area contributed by atoms with E-state index in [1.165, 1.54) is 0 Å². The topological polar surface area (TPSA) is 75.4 Å². The SMILES string of the molecule is CC(C)(CC1(c2ncco2)CC1)NC(=O)O. The summed E-state index contributed by atoms with van der Waals surface area (Å²) < 4.78 is 5.33. The molecule has 0 spiro atoms. The van der Waals surface area contributed by atoms with Gasteiger partial charge in [0.05, 0.1) is 6.20 Å². The summed E-state index contributed by atoms with van der Waals surface area (Å²) >= 11 is 0. The Hall–Kier alpha value is -1.52. The Bertz CT molecular complexity index is 380. The zero-order chi connectivity index (χ0) is 11.8. The lowest BCUT2D eigenvalue weighted by Gasteiger charge is -2.28. The number of amides is 1. The van der Waals surface area contributed by atoms with Gasteiger partial charge in [0.15, 0.2) is 5.89 Å². The zero-order valence-corrected chi connectivity index (χ0v) is 9.49. The molecule has 5 nitrogen and oxygen atoms in total. The van der Waals surface area contributed by atoms with Crippen LogP contribution in [-0.4, -0.2) is 21.7 Å². The molecule has 1 aliphatic carbocycles. The van der Waals surface area contributed by atoms with E-state index in [0.29, 0.717) is 6.42 Å². The summed E-state index contributed by atoms with van der Waals surface area (Å²) in [5.74, 6) is 0.729. The molecule has 1 amide bonds. The lowest BCUT2D eigenvalue weighted by Crippen LogP contribution is -2.45. The first kappa shape index (κ1) is 11.0. The van der Waals surface area contributed by atoms with Crippen molar-refractivity contribution in [3.05, 3.63) is 18.4 Å². The molecule has 0 aromatic carbocycles. The minimum atomic E-state index is -0.992. The number of carboxylic acid groups (broad SMARTS) is 1. The van der Waals surface area contributed by atoms with E-state index >= 15 is 0 Å². The number of hydrogen-bond donors (Lipinski definition) is 2. The van der Waals surface area contributed by atoms with Gasteiger partial charge in [0.1, 0.15) is 6.26 Å². The normalized spacial score (nSPS) is 18.1. The van der Waals surface area contributed by atoms with Crippen LogP contribution < -0.4 is 5.32 Å². The highest BCUT2D eigenvalue weighted by Crippen LogP contribution is 2.52. The first-order chi connectivity index (χ1) is 7.44. The number of hydrogen-bond acceptors (Lipinski definition) is 3. The third-order valence-electron chi connectivity index (χ3n) is 2.97. The number of carbonyl (C=O) groups is 1. The van der Waals surface area contributed by atoms with E-state index in [4.69, 9.17) is 9.52 Å². The highest BCUT2D eigenvalue weighted by atomic mass is 16.4. The van der Waals surface area contributed by atoms with Gasteiger partial charge in [-0.3, -0.25) is 0 Å². The number of aromatic nitrogens is 1. The molecule has 5 heteroatoms. The predicted octanol–water partition coefficient (Wildman–Crippen LogP) is 2.14. The molecule has 0 saturated heterocycles. The number of rotatable bonds is 4. The van der Waals surface area contributed by atoms with Crippen LogP contribution in [0.2, 0.25) is 0 Å². The number of oxazole rings is 1. The van der Waals surface area contributed by atoms with Crippen molar-refractivity contribution in [1.82, 2.24) is 10.3 Å². The average molecular weight is 224 g/mol. The van der Waals surface area contributed by atoms with Gasteiger partial charge in [-0.25, -0.2) is 9.78 Å². The lowest BCUT2D eigenvalue weighted by atomic mass is 9.88. The van der Waals surface area contributed by atoms with Crippen molar-refractivity contribution in [2.75, 3.05) is 0 Å². The molecule has 1 fully saturated rings. The molecule has 0 bridgehead atoms. The van der Waals surface area contributed by atoms with Crippen molar-refractivity contribution in [1.29, 1.82) is 0 Å². The van der Waals surface area contributed by atoms with Gasteiger partial charge in [0.25, 0.3) is 0 Å². The molecule has 88 valence electrons. The van der Waals surface area contributed by atoms with E-state index in [0.717, 1.165) is 18.7 Å². The van der Waals surface area contributed by atoms with Crippen molar-refractivity contribution < 1.29 is 14.3 Å². The fourth-order valence-corrected chi connectivity index (χ4v) is 2.28. The second-order valence-electron chi connectivity index (χ2n) is 5.11. The molecular weight excluding hydrogens is 208 g/mol. The summed E-state index contributed by atoms with van der Waals surface area (Å²) in [7, 11) is 0. The van der Waals surface area contributed by atoms with E-state index in [2.05, 4.69) is 10.3 Å². The number of nitrogens with zero attached hydrogens (tertiary/aromatic N) is 1. The van der Waals surface area contributed by atoms with Gasteiger partial charge < -0.3 is 14.8 Å².